The van der Waals surface area contributed by atoms with Crippen LogP contribution in [0, 0.1) is 0 Å². The molecule has 3 rings (SSSR count). The Hall–Kier alpha value is -0.880. The normalized spacial score (nSPS) is 16.5. The molecule has 21 heavy (non-hydrogen) atoms. The average Bonchev–Trinajstić information content (AvgIpc) is 2.96. The second-order valence-electron chi connectivity index (χ2n) is 5.23. The summed E-state index contributed by atoms with van der Waals surface area (Å²) in [5.41, 5.74) is 8.76. The van der Waals surface area contributed by atoms with Crippen LogP contribution in [0.3, 0.4) is 0 Å². The maximum atomic E-state index is 6.07. The maximum absolute atomic E-state index is 6.07. The largest absolute Gasteiger partial charge is 0.496 e. The van der Waals surface area contributed by atoms with Crippen molar-refractivity contribution in [2.75, 3.05) is 20.2 Å². The van der Waals surface area contributed by atoms with Crippen LogP contribution in [0.5, 0.6) is 5.75 Å². The first kappa shape index (κ1) is 15.0. The number of hydrogen-bond donors (Lipinski definition) is 1. The Kier molecular flexibility index (Phi) is 4.64. The van der Waals surface area contributed by atoms with Crippen molar-refractivity contribution in [3.63, 3.8) is 0 Å². The molecule has 0 saturated carbocycles. The van der Waals surface area contributed by atoms with Crippen LogP contribution < -0.4 is 10.5 Å². The molecule has 1 aromatic heterocycles. The van der Waals surface area contributed by atoms with Crippen LogP contribution in [0.15, 0.2) is 34.1 Å². The SMILES string of the molecule is COc1ccc(C(CN)N2CCc3sccc3C2)cc1Br. The molecule has 0 aliphatic carbocycles. The number of nitrogens with two attached hydrogens (primary N) is 1. The number of hydrogen-bond acceptors (Lipinski definition) is 4. The highest BCUT2D eigenvalue weighted by molar-refractivity contribution is 9.10. The molecular formula is C16H19BrN2OS. The summed E-state index contributed by atoms with van der Waals surface area (Å²) in [5, 5.41) is 2.19. The zero-order chi connectivity index (χ0) is 14.8. The highest BCUT2D eigenvalue weighted by Crippen LogP contribution is 2.33. The van der Waals surface area contributed by atoms with Gasteiger partial charge in [-0.1, -0.05) is 6.07 Å². The van der Waals surface area contributed by atoms with Crippen molar-refractivity contribution in [3.8, 4) is 5.75 Å². The lowest BCUT2D eigenvalue weighted by atomic mass is 10.0. The first-order chi connectivity index (χ1) is 10.2. The minimum absolute atomic E-state index is 0.250. The molecule has 1 atom stereocenters. The van der Waals surface area contributed by atoms with Crippen molar-refractivity contribution in [1.29, 1.82) is 0 Å². The first-order valence-corrected chi connectivity index (χ1v) is 8.73. The van der Waals surface area contributed by atoms with E-state index in [0.717, 1.165) is 29.7 Å². The molecule has 1 unspecified atom stereocenters. The smallest absolute Gasteiger partial charge is 0.133 e. The highest BCUT2D eigenvalue weighted by Gasteiger charge is 2.24. The van der Waals surface area contributed by atoms with E-state index in [2.05, 4.69) is 44.4 Å². The third-order valence-corrected chi connectivity index (χ3v) is 5.70. The van der Waals surface area contributed by atoms with Gasteiger partial charge in [-0.15, -0.1) is 11.3 Å². The Morgan fingerprint density at radius 1 is 1.43 bits per heavy atom. The zero-order valence-corrected chi connectivity index (χ0v) is 14.4. The van der Waals surface area contributed by atoms with Crippen LogP contribution in [-0.4, -0.2) is 25.1 Å². The van der Waals surface area contributed by atoms with Gasteiger partial charge in [-0.05, 0) is 57.1 Å². The van der Waals surface area contributed by atoms with Gasteiger partial charge in [0, 0.05) is 30.6 Å². The number of thiophene rings is 1. The second kappa shape index (κ2) is 6.48. The predicted octanol–water partition coefficient (Wildman–Crippen LogP) is 3.58. The van der Waals surface area contributed by atoms with Gasteiger partial charge in [0.2, 0.25) is 0 Å². The Labute approximate surface area is 137 Å². The van der Waals surface area contributed by atoms with E-state index in [1.54, 1.807) is 7.11 Å². The van der Waals surface area contributed by atoms with Gasteiger partial charge in [-0.25, -0.2) is 0 Å². The van der Waals surface area contributed by atoms with E-state index in [-0.39, 0.29) is 6.04 Å². The van der Waals surface area contributed by atoms with E-state index in [0.29, 0.717) is 6.54 Å². The van der Waals surface area contributed by atoms with Crippen molar-refractivity contribution in [3.05, 3.63) is 50.1 Å². The lowest BCUT2D eigenvalue weighted by molar-refractivity contribution is 0.185. The average molecular weight is 367 g/mol. The second-order valence-corrected chi connectivity index (χ2v) is 7.09. The van der Waals surface area contributed by atoms with Crippen LogP contribution in [-0.2, 0) is 13.0 Å². The third kappa shape index (κ3) is 3.01. The molecule has 2 heterocycles. The number of ether oxygens (including phenoxy) is 1. The van der Waals surface area contributed by atoms with Crippen molar-refractivity contribution in [1.82, 2.24) is 4.90 Å². The van der Waals surface area contributed by atoms with Crippen LogP contribution in [0.4, 0.5) is 0 Å². The van der Waals surface area contributed by atoms with Crippen molar-refractivity contribution in [2.24, 2.45) is 5.73 Å². The fraction of sp³-hybridized carbons (Fsp3) is 0.375. The van der Waals surface area contributed by atoms with Gasteiger partial charge in [-0.2, -0.15) is 0 Å². The maximum Gasteiger partial charge on any atom is 0.133 e. The molecule has 0 bridgehead atoms. The summed E-state index contributed by atoms with van der Waals surface area (Å²) in [4.78, 5) is 4.00. The molecule has 0 fully saturated rings. The quantitative estimate of drug-likeness (QED) is 0.898. The predicted molar refractivity (Wildman–Crippen MR) is 90.9 cm³/mol. The monoisotopic (exact) mass is 366 g/mol. The number of nitrogens with zero attached hydrogens (tertiary/aromatic N) is 1. The number of fused-ring (bicyclic) bond motifs is 1. The fourth-order valence-corrected chi connectivity index (χ4v) is 4.37. The molecule has 1 aromatic carbocycles. The third-order valence-electron chi connectivity index (χ3n) is 4.06. The Morgan fingerprint density at radius 2 is 2.29 bits per heavy atom. The molecule has 0 spiro atoms. The van der Waals surface area contributed by atoms with Crippen molar-refractivity contribution < 1.29 is 4.74 Å². The van der Waals surface area contributed by atoms with E-state index in [4.69, 9.17) is 10.5 Å². The lowest BCUT2D eigenvalue weighted by Crippen LogP contribution is -2.37. The minimum Gasteiger partial charge on any atom is -0.496 e. The summed E-state index contributed by atoms with van der Waals surface area (Å²) >= 11 is 5.43. The molecule has 0 radical (unpaired) electrons. The van der Waals surface area contributed by atoms with Gasteiger partial charge in [0.25, 0.3) is 0 Å². The first-order valence-electron chi connectivity index (χ1n) is 7.05. The number of methoxy groups -OCH3 is 1. The van der Waals surface area contributed by atoms with Gasteiger partial charge in [0.05, 0.1) is 11.6 Å². The summed E-state index contributed by atoms with van der Waals surface area (Å²) < 4.78 is 6.29. The number of rotatable bonds is 4. The molecule has 1 aliphatic heterocycles. The van der Waals surface area contributed by atoms with Crippen LogP contribution in [0.25, 0.3) is 0 Å². The van der Waals surface area contributed by atoms with E-state index >= 15 is 0 Å². The van der Waals surface area contributed by atoms with E-state index in [9.17, 15) is 0 Å². The lowest BCUT2D eigenvalue weighted by Gasteiger charge is -2.34. The van der Waals surface area contributed by atoms with Crippen LogP contribution in [0.2, 0.25) is 0 Å². The summed E-state index contributed by atoms with van der Waals surface area (Å²) in [6.07, 6.45) is 1.13. The molecule has 112 valence electrons. The minimum atomic E-state index is 0.250. The molecule has 3 nitrogen and oxygen atoms in total. The van der Waals surface area contributed by atoms with Gasteiger partial charge in [0.1, 0.15) is 5.75 Å². The summed E-state index contributed by atoms with van der Waals surface area (Å²) in [6.45, 7) is 2.68. The van der Waals surface area contributed by atoms with E-state index in [1.807, 2.05) is 17.4 Å². The highest BCUT2D eigenvalue weighted by atomic mass is 79.9. The summed E-state index contributed by atoms with van der Waals surface area (Å²) in [5.74, 6) is 0.855. The molecule has 2 aromatic rings. The molecule has 5 heteroatoms. The Morgan fingerprint density at radius 3 is 3.00 bits per heavy atom. The molecule has 0 saturated heterocycles. The van der Waals surface area contributed by atoms with Crippen LogP contribution in [0.1, 0.15) is 22.0 Å². The van der Waals surface area contributed by atoms with Crippen molar-refractivity contribution in [2.45, 2.75) is 19.0 Å². The zero-order valence-electron chi connectivity index (χ0n) is 12.0. The van der Waals surface area contributed by atoms with Crippen molar-refractivity contribution >= 4 is 27.3 Å². The van der Waals surface area contributed by atoms with Gasteiger partial charge in [0.15, 0.2) is 0 Å². The van der Waals surface area contributed by atoms with Gasteiger partial charge < -0.3 is 10.5 Å². The molecule has 2 N–H and O–H groups in total. The molecule has 1 aliphatic rings. The Balaban J connectivity index is 1.84. The van der Waals surface area contributed by atoms with Crippen LogP contribution >= 0.6 is 27.3 Å². The van der Waals surface area contributed by atoms with Gasteiger partial charge >= 0.3 is 0 Å². The summed E-state index contributed by atoms with van der Waals surface area (Å²) in [6, 6.07) is 8.73. The standard InChI is InChI=1S/C16H19BrN2OS/c1-20-15-3-2-11(8-13(15)17)14(9-18)19-6-4-16-12(10-19)5-7-21-16/h2-3,5,7-8,14H,4,6,9-10,18H2,1H3. The fourth-order valence-electron chi connectivity index (χ4n) is 2.92. The number of halogens is 1. The van der Waals surface area contributed by atoms with E-state index in [1.165, 1.54) is 16.0 Å². The number of benzene rings is 1. The van der Waals surface area contributed by atoms with E-state index < -0.39 is 0 Å². The molecule has 0 amide bonds. The summed E-state index contributed by atoms with van der Waals surface area (Å²) in [7, 11) is 1.68. The molecular weight excluding hydrogens is 348 g/mol. The van der Waals surface area contributed by atoms with Gasteiger partial charge in [-0.3, -0.25) is 4.90 Å². The topological polar surface area (TPSA) is 38.5 Å². The Bertz CT molecular complexity index is 628.